The maximum atomic E-state index is 2.30. The normalized spacial score (nSPS) is 17.5. The summed E-state index contributed by atoms with van der Waals surface area (Å²) in [6.45, 7) is 4.61. The van der Waals surface area contributed by atoms with Crippen LogP contribution in [0.3, 0.4) is 0 Å². The fourth-order valence-electron chi connectivity index (χ4n) is 2.42. The second kappa shape index (κ2) is 4.48. The van der Waals surface area contributed by atoms with Crippen molar-refractivity contribution in [2.24, 2.45) is 11.8 Å². The van der Waals surface area contributed by atoms with Crippen molar-refractivity contribution < 1.29 is 0 Å². The maximum Gasteiger partial charge on any atom is 0.00240 e. The molecule has 1 aliphatic rings. The lowest BCUT2D eigenvalue weighted by atomic mass is 9.79. The van der Waals surface area contributed by atoms with Crippen LogP contribution >= 0.6 is 0 Å². The Balaban J connectivity index is 2.28. The van der Waals surface area contributed by atoms with Gasteiger partial charge in [0.1, 0.15) is 0 Å². The number of allylic oxidation sites excluding steroid dienone is 4. The summed E-state index contributed by atoms with van der Waals surface area (Å²) in [5, 5.41) is 0. The number of benzene rings is 1. The van der Waals surface area contributed by atoms with E-state index in [1.54, 1.807) is 0 Å². The second-order valence-corrected chi connectivity index (χ2v) is 4.53. The molecular weight excluding hydrogens is 180 g/mol. The van der Waals surface area contributed by atoms with E-state index in [9.17, 15) is 0 Å². The lowest BCUT2D eigenvalue weighted by Gasteiger charge is -2.25. The fourth-order valence-corrected chi connectivity index (χ4v) is 2.42. The zero-order valence-electron chi connectivity index (χ0n) is 9.43. The Morgan fingerprint density at radius 2 is 1.53 bits per heavy atom. The van der Waals surface area contributed by atoms with Crippen molar-refractivity contribution in [2.75, 3.05) is 0 Å². The molecule has 0 spiro atoms. The minimum atomic E-state index is 0.576. The topological polar surface area (TPSA) is 0 Å². The van der Waals surface area contributed by atoms with Crippen LogP contribution in [0.1, 0.15) is 25.3 Å². The molecule has 0 fully saturated rings. The fraction of sp³-hybridized carbons (Fsp3) is 0.333. The van der Waals surface area contributed by atoms with E-state index in [0.717, 1.165) is 0 Å². The highest BCUT2D eigenvalue weighted by Crippen LogP contribution is 2.35. The Labute approximate surface area is 92.3 Å². The van der Waals surface area contributed by atoms with Crippen LogP contribution in [0.25, 0.3) is 0 Å². The van der Waals surface area contributed by atoms with Gasteiger partial charge in [-0.25, -0.2) is 0 Å². The predicted molar refractivity (Wildman–Crippen MR) is 65.8 cm³/mol. The van der Waals surface area contributed by atoms with Gasteiger partial charge in [0.15, 0.2) is 0 Å². The van der Waals surface area contributed by atoms with Gasteiger partial charge in [0.05, 0.1) is 0 Å². The summed E-state index contributed by atoms with van der Waals surface area (Å²) in [4.78, 5) is 0. The molecule has 0 aliphatic heterocycles. The molecule has 1 atom stereocenters. The first kappa shape index (κ1) is 10.2. The first-order valence-electron chi connectivity index (χ1n) is 5.69. The first-order chi connectivity index (χ1) is 7.29. The average Bonchev–Trinajstić information content (AvgIpc) is 2.72. The van der Waals surface area contributed by atoms with Gasteiger partial charge in [-0.05, 0) is 17.4 Å². The second-order valence-electron chi connectivity index (χ2n) is 4.53. The Morgan fingerprint density at radius 1 is 0.933 bits per heavy atom. The third kappa shape index (κ3) is 2.20. The molecule has 0 bridgehead atoms. The predicted octanol–water partition coefficient (Wildman–Crippen LogP) is 4.17. The molecule has 0 heteroatoms. The standard InChI is InChI=1S/C15H18/c1-12(2)15(14-10-6-7-11-14)13-8-4-3-5-9-13/h3-12,14-15H,1-2H3/t15-/m0/s1. The summed E-state index contributed by atoms with van der Waals surface area (Å²) >= 11 is 0. The largest absolute Gasteiger partial charge is 0.0770 e. The minimum Gasteiger partial charge on any atom is -0.0770 e. The highest BCUT2D eigenvalue weighted by atomic mass is 14.3. The van der Waals surface area contributed by atoms with E-state index in [-0.39, 0.29) is 0 Å². The van der Waals surface area contributed by atoms with Crippen LogP contribution in [-0.2, 0) is 0 Å². The monoisotopic (exact) mass is 198 g/mol. The van der Waals surface area contributed by atoms with Crippen molar-refractivity contribution in [3.8, 4) is 0 Å². The van der Waals surface area contributed by atoms with Gasteiger partial charge in [-0.1, -0.05) is 68.5 Å². The van der Waals surface area contributed by atoms with Crippen molar-refractivity contribution in [3.05, 3.63) is 60.2 Å². The molecule has 0 N–H and O–H groups in total. The molecule has 0 nitrogen and oxygen atoms in total. The summed E-state index contributed by atoms with van der Waals surface area (Å²) in [5.41, 5.74) is 1.45. The molecular formula is C15H18. The van der Waals surface area contributed by atoms with E-state index >= 15 is 0 Å². The zero-order valence-corrected chi connectivity index (χ0v) is 9.43. The highest BCUT2D eigenvalue weighted by Gasteiger charge is 2.23. The molecule has 0 saturated heterocycles. The quantitative estimate of drug-likeness (QED) is 0.684. The van der Waals surface area contributed by atoms with E-state index in [0.29, 0.717) is 17.8 Å². The third-order valence-corrected chi connectivity index (χ3v) is 3.10. The lowest BCUT2D eigenvalue weighted by molar-refractivity contribution is 0.446. The molecule has 1 aliphatic carbocycles. The number of hydrogen-bond donors (Lipinski definition) is 0. The van der Waals surface area contributed by atoms with Crippen LogP contribution in [0.4, 0.5) is 0 Å². The van der Waals surface area contributed by atoms with E-state index in [1.165, 1.54) is 5.56 Å². The molecule has 0 heterocycles. The molecule has 0 aromatic heterocycles. The van der Waals surface area contributed by atoms with Crippen LogP contribution in [0, 0.1) is 11.8 Å². The van der Waals surface area contributed by atoms with Crippen LogP contribution in [-0.4, -0.2) is 0 Å². The van der Waals surface area contributed by atoms with E-state index < -0.39 is 0 Å². The smallest absolute Gasteiger partial charge is 0.00240 e. The van der Waals surface area contributed by atoms with Gasteiger partial charge in [-0.15, -0.1) is 0 Å². The zero-order chi connectivity index (χ0) is 10.7. The lowest BCUT2D eigenvalue weighted by Crippen LogP contribution is -2.14. The summed E-state index contributed by atoms with van der Waals surface area (Å²) < 4.78 is 0. The van der Waals surface area contributed by atoms with Gasteiger partial charge < -0.3 is 0 Å². The molecule has 0 saturated carbocycles. The molecule has 0 radical (unpaired) electrons. The Hall–Kier alpha value is -1.30. The number of rotatable bonds is 3. The Morgan fingerprint density at radius 3 is 2.07 bits per heavy atom. The van der Waals surface area contributed by atoms with Crippen molar-refractivity contribution in [3.63, 3.8) is 0 Å². The molecule has 1 aromatic rings. The first-order valence-corrected chi connectivity index (χ1v) is 5.69. The molecule has 0 unspecified atom stereocenters. The Kier molecular flexibility index (Phi) is 3.05. The van der Waals surface area contributed by atoms with Crippen molar-refractivity contribution >= 4 is 0 Å². The van der Waals surface area contributed by atoms with Gasteiger partial charge in [-0.3, -0.25) is 0 Å². The van der Waals surface area contributed by atoms with E-state index in [2.05, 4.69) is 68.5 Å². The molecule has 2 rings (SSSR count). The SMILES string of the molecule is CC(C)[C@@H](c1ccccc1)C1C=CC=C1. The van der Waals surface area contributed by atoms with E-state index in [1.807, 2.05) is 0 Å². The van der Waals surface area contributed by atoms with Crippen LogP contribution in [0.15, 0.2) is 54.6 Å². The average molecular weight is 198 g/mol. The summed E-state index contributed by atoms with van der Waals surface area (Å²) in [5.74, 6) is 1.86. The summed E-state index contributed by atoms with van der Waals surface area (Å²) in [7, 11) is 0. The molecule has 15 heavy (non-hydrogen) atoms. The van der Waals surface area contributed by atoms with Gasteiger partial charge in [0.25, 0.3) is 0 Å². The highest BCUT2D eigenvalue weighted by molar-refractivity contribution is 5.28. The van der Waals surface area contributed by atoms with Crippen molar-refractivity contribution in [2.45, 2.75) is 19.8 Å². The molecule has 1 aromatic carbocycles. The molecule has 78 valence electrons. The van der Waals surface area contributed by atoms with Crippen LogP contribution in [0.2, 0.25) is 0 Å². The van der Waals surface area contributed by atoms with Crippen LogP contribution < -0.4 is 0 Å². The number of hydrogen-bond acceptors (Lipinski definition) is 0. The minimum absolute atomic E-state index is 0.576. The summed E-state index contributed by atoms with van der Waals surface area (Å²) in [6, 6.07) is 10.8. The van der Waals surface area contributed by atoms with Crippen molar-refractivity contribution in [1.29, 1.82) is 0 Å². The van der Waals surface area contributed by atoms with Gasteiger partial charge >= 0.3 is 0 Å². The van der Waals surface area contributed by atoms with Crippen molar-refractivity contribution in [1.82, 2.24) is 0 Å². The van der Waals surface area contributed by atoms with E-state index in [4.69, 9.17) is 0 Å². The summed E-state index contributed by atoms with van der Waals surface area (Å²) in [6.07, 6.45) is 8.92. The van der Waals surface area contributed by atoms with Gasteiger partial charge in [-0.2, -0.15) is 0 Å². The van der Waals surface area contributed by atoms with Gasteiger partial charge in [0, 0.05) is 5.92 Å². The Bertz CT molecular complexity index is 345. The van der Waals surface area contributed by atoms with Gasteiger partial charge in [0.2, 0.25) is 0 Å². The van der Waals surface area contributed by atoms with Crippen LogP contribution in [0.5, 0.6) is 0 Å². The third-order valence-electron chi connectivity index (χ3n) is 3.10. The maximum absolute atomic E-state index is 2.30. The molecule has 0 amide bonds.